The third kappa shape index (κ3) is 4.50. The van der Waals surface area contributed by atoms with Gasteiger partial charge in [0.15, 0.2) is 0 Å². The minimum Gasteiger partial charge on any atom is -0.374 e. The zero-order valence-corrected chi connectivity index (χ0v) is 12.0. The van der Waals surface area contributed by atoms with E-state index in [0.717, 1.165) is 38.7 Å². The van der Waals surface area contributed by atoms with E-state index in [0.29, 0.717) is 6.10 Å². The molecule has 0 aromatic heterocycles. The molecule has 1 N–H and O–H groups in total. The van der Waals surface area contributed by atoms with Crippen LogP contribution in [-0.2, 0) is 4.74 Å². The highest BCUT2D eigenvalue weighted by atomic mass is 16.5. The Kier molecular flexibility index (Phi) is 5.89. The van der Waals surface area contributed by atoms with Gasteiger partial charge in [0.1, 0.15) is 0 Å². The second-order valence-corrected chi connectivity index (χ2v) is 5.81. The maximum Gasteiger partial charge on any atom is 0.0829 e. The van der Waals surface area contributed by atoms with Crippen molar-refractivity contribution in [3.05, 3.63) is 0 Å². The van der Waals surface area contributed by atoms with E-state index in [9.17, 15) is 0 Å². The first-order valence-electron chi connectivity index (χ1n) is 7.51. The van der Waals surface area contributed by atoms with Crippen LogP contribution in [0.1, 0.15) is 19.8 Å². The van der Waals surface area contributed by atoms with Gasteiger partial charge in [0.25, 0.3) is 0 Å². The molecule has 0 saturated carbocycles. The lowest BCUT2D eigenvalue weighted by Gasteiger charge is -2.37. The van der Waals surface area contributed by atoms with Crippen LogP contribution in [-0.4, -0.2) is 75.4 Å². The number of hydrogen-bond acceptors (Lipinski definition) is 4. The molecule has 4 nitrogen and oxygen atoms in total. The molecule has 2 heterocycles. The monoisotopic (exact) mass is 255 g/mol. The van der Waals surface area contributed by atoms with Crippen LogP contribution in [0.2, 0.25) is 0 Å². The quantitative estimate of drug-likeness (QED) is 0.780. The average molecular weight is 255 g/mol. The van der Waals surface area contributed by atoms with E-state index in [1.807, 2.05) is 0 Å². The van der Waals surface area contributed by atoms with Crippen LogP contribution in [0.5, 0.6) is 0 Å². The van der Waals surface area contributed by atoms with Gasteiger partial charge in [-0.2, -0.15) is 0 Å². The maximum atomic E-state index is 5.85. The van der Waals surface area contributed by atoms with E-state index in [-0.39, 0.29) is 0 Å². The third-order valence-electron chi connectivity index (χ3n) is 4.19. The Labute approximate surface area is 112 Å². The second-order valence-electron chi connectivity index (χ2n) is 5.81. The lowest BCUT2D eigenvalue weighted by atomic mass is 9.96. The van der Waals surface area contributed by atoms with Crippen molar-refractivity contribution in [2.45, 2.75) is 25.9 Å². The van der Waals surface area contributed by atoms with Gasteiger partial charge in [-0.05, 0) is 52.0 Å². The number of hydrogen-bond donors (Lipinski definition) is 1. The first kappa shape index (κ1) is 14.3. The highest BCUT2D eigenvalue weighted by molar-refractivity contribution is 4.78. The Balaban J connectivity index is 1.63. The van der Waals surface area contributed by atoms with E-state index in [4.69, 9.17) is 4.74 Å². The fourth-order valence-corrected chi connectivity index (χ4v) is 2.99. The van der Waals surface area contributed by atoms with Crippen LogP contribution >= 0.6 is 0 Å². The summed E-state index contributed by atoms with van der Waals surface area (Å²) in [6.07, 6.45) is 3.11. The van der Waals surface area contributed by atoms with Gasteiger partial charge in [0, 0.05) is 19.6 Å². The number of rotatable bonds is 5. The standard InChI is InChI=1S/C14H29N3O/c1-3-15-10-13-4-6-17(7-5-13)12-14-11-16(2)8-9-18-14/h13-15H,3-12H2,1-2H3. The number of ether oxygens (including phenoxy) is 1. The third-order valence-corrected chi connectivity index (χ3v) is 4.19. The molecule has 18 heavy (non-hydrogen) atoms. The van der Waals surface area contributed by atoms with Crippen molar-refractivity contribution < 1.29 is 4.74 Å². The van der Waals surface area contributed by atoms with Crippen molar-refractivity contribution >= 4 is 0 Å². The molecule has 2 fully saturated rings. The Hall–Kier alpha value is -0.160. The molecule has 0 aromatic carbocycles. The molecular formula is C14H29N3O. The molecule has 0 bridgehead atoms. The second kappa shape index (κ2) is 7.43. The minimum absolute atomic E-state index is 0.425. The molecule has 0 aliphatic carbocycles. The number of morpholine rings is 1. The summed E-state index contributed by atoms with van der Waals surface area (Å²) in [6, 6.07) is 0. The summed E-state index contributed by atoms with van der Waals surface area (Å²) in [4.78, 5) is 4.97. The van der Waals surface area contributed by atoms with Gasteiger partial charge in [0.05, 0.1) is 12.7 Å². The van der Waals surface area contributed by atoms with Gasteiger partial charge in [-0.3, -0.25) is 0 Å². The molecule has 2 aliphatic rings. The summed E-state index contributed by atoms with van der Waals surface area (Å²) in [5, 5.41) is 3.47. The molecule has 1 unspecified atom stereocenters. The van der Waals surface area contributed by atoms with Crippen molar-refractivity contribution in [1.29, 1.82) is 0 Å². The summed E-state index contributed by atoms with van der Waals surface area (Å²) in [6.45, 7) is 11.2. The lowest BCUT2D eigenvalue weighted by Crippen LogP contribution is -2.48. The number of piperidine rings is 1. The van der Waals surface area contributed by atoms with Crippen molar-refractivity contribution in [3.8, 4) is 0 Å². The SMILES string of the molecule is CCNCC1CCN(CC2CN(C)CCO2)CC1. The van der Waals surface area contributed by atoms with E-state index in [1.54, 1.807) is 0 Å². The fraction of sp³-hybridized carbons (Fsp3) is 1.00. The highest BCUT2D eigenvalue weighted by Crippen LogP contribution is 2.17. The Bertz CT molecular complexity index is 229. The Morgan fingerprint density at radius 2 is 2.00 bits per heavy atom. The van der Waals surface area contributed by atoms with Crippen molar-refractivity contribution in [2.75, 3.05) is 59.5 Å². The van der Waals surface area contributed by atoms with Crippen LogP contribution < -0.4 is 5.32 Å². The van der Waals surface area contributed by atoms with Gasteiger partial charge >= 0.3 is 0 Å². The molecule has 0 aromatic rings. The van der Waals surface area contributed by atoms with E-state index in [2.05, 4.69) is 29.1 Å². The summed E-state index contributed by atoms with van der Waals surface area (Å²) >= 11 is 0. The molecule has 0 spiro atoms. The van der Waals surface area contributed by atoms with E-state index >= 15 is 0 Å². The largest absolute Gasteiger partial charge is 0.374 e. The smallest absolute Gasteiger partial charge is 0.0829 e. The molecule has 4 heteroatoms. The predicted octanol–water partition coefficient (Wildman–Crippen LogP) is 0.639. The summed E-state index contributed by atoms with van der Waals surface area (Å²) < 4.78 is 5.85. The topological polar surface area (TPSA) is 27.7 Å². The Morgan fingerprint density at radius 3 is 2.67 bits per heavy atom. The van der Waals surface area contributed by atoms with Gasteiger partial charge in [0.2, 0.25) is 0 Å². The molecule has 106 valence electrons. The zero-order chi connectivity index (χ0) is 12.8. The van der Waals surface area contributed by atoms with E-state index < -0.39 is 0 Å². The predicted molar refractivity (Wildman–Crippen MR) is 74.9 cm³/mol. The Morgan fingerprint density at radius 1 is 1.22 bits per heavy atom. The average Bonchev–Trinajstić information content (AvgIpc) is 2.38. The number of likely N-dealkylation sites (N-methyl/N-ethyl adjacent to an activating group) is 1. The first-order valence-corrected chi connectivity index (χ1v) is 7.51. The van der Waals surface area contributed by atoms with Crippen LogP contribution in [0.3, 0.4) is 0 Å². The van der Waals surface area contributed by atoms with Gasteiger partial charge < -0.3 is 19.9 Å². The molecule has 0 radical (unpaired) electrons. The van der Waals surface area contributed by atoms with Crippen molar-refractivity contribution in [3.63, 3.8) is 0 Å². The summed E-state index contributed by atoms with van der Waals surface area (Å²) in [7, 11) is 2.19. The number of nitrogens with zero attached hydrogens (tertiary/aromatic N) is 2. The minimum atomic E-state index is 0.425. The molecule has 0 amide bonds. The molecule has 1 atom stereocenters. The normalized spacial score (nSPS) is 28.7. The van der Waals surface area contributed by atoms with Gasteiger partial charge in [-0.15, -0.1) is 0 Å². The van der Waals surface area contributed by atoms with Crippen LogP contribution in [0.4, 0.5) is 0 Å². The maximum absolute atomic E-state index is 5.85. The zero-order valence-electron chi connectivity index (χ0n) is 12.0. The van der Waals surface area contributed by atoms with Crippen LogP contribution in [0.25, 0.3) is 0 Å². The number of nitrogens with one attached hydrogen (secondary N) is 1. The fourth-order valence-electron chi connectivity index (χ4n) is 2.99. The summed E-state index contributed by atoms with van der Waals surface area (Å²) in [5.74, 6) is 0.885. The molecule has 2 aliphatic heterocycles. The highest BCUT2D eigenvalue weighted by Gasteiger charge is 2.24. The summed E-state index contributed by atoms with van der Waals surface area (Å²) in [5.41, 5.74) is 0. The van der Waals surface area contributed by atoms with Gasteiger partial charge in [-0.25, -0.2) is 0 Å². The molecular weight excluding hydrogens is 226 g/mol. The molecule has 2 saturated heterocycles. The van der Waals surface area contributed by atoms with Gasteiger partial charge in [-0.1, -0.05) is 6.92 Å². The molecule has 2 rings (SSSR count). The lowest BCUT2D eigenvalue weighted by molar-refractivity contribution is -0.0393. The van der Waals surface area contributed by atoms with E-state index in [1.165, 1.54) is 32.5 Å². The first-order chi connectivity index (χ1) is 8.78. The number of likely N-dealkylation sites (tertiary alicyclic amines) is 1. The van der Waals surface area contributed by atoms with Crippen LogP contribution in [0, 0.1) is 5.92 Å². The van der Waals surface area contributed by atoms with Crippen molar-refractivity contribution in [2.24, 2.45) is 5.92 Å². The van der Waals surface area contributed by atoms with Crippen LogP contribution in [0.15, 0.2) is 0 Å². The van der Waals surface area contributed by atoms with Crippen molar-refractivity contribution in [1.82, 2.24) is 15.1 Å².